The third-order valence-corrected chi connectivity index (χ3v) is 4.17. The number of imide groups is 1. The van der Waals surface area contributed by atoms with Gasteiger partial charge >= 0.3 is 6.03 Å². The van der Waals surface area contributed by atoms with Gasteiger partial charge in [-0.25, -0.2) is 4.79 Å². The van der Waals surface area contributed by atoms with Gasteiger partial charge in [-0.3, -0.25) is 19.7 Å². The van der Waals surface area contributed by atoms with Gasteiger partial charge in [0.05, 0.1) is 13.7 Å². The topological polar surface area (TPSA) is 105 Å². The number of carbonyl (C=O) groups is 4. The van der Waals surface area contributed by atoms with Crippen molar-refractivity contribution in [2.75, 3.05) is 13.7 Å². The van der Waals surface area contributed by atoms with E-state index in [9.17, 15) is 19.2 Å². The maximum absolute atomic E-state index is 12.5. The van der Waals surface area contributed by atoms with E-state index in [-0.39, 0.29) is 19.0 Å². The Morgan fingerprint density at radius 1 is 1.35 bits per heavy atom. The molecule has 0 aliphatic carbocycles. The molecule has 1 aromatic carbocycles. The molecule has 0 bridgehead atoms. The summed E-state index contributed by atoms with van der Waals surface area (Å²) in [5.41, 5.74) is -0.495. The maximum Gasteiger partial charge on any atom is 0.322 e. The number of benzene rings is 1. The third-order valence-electron chi connectivity index (χ3n) is 4.17. The standard InChI is InChI=1S/C15H15N3O5/c1-8(19)15(13(21)16-14(22)17-15)7-18-6-9-3-4-10(23-2)5-11(9)12(18)20/h3-5H,6-7H2,1-2H3,(H2,16,17,21,22)/t15-/m0/s1. The van der Waals surface area contributed by atoms with Gasteiger partial charge in [0.2, 0.25) is 0 Å². The number of nitrogens with zero attached hydrogens (tertiary/aromatic N) is 1. The van der Waals surface area contributed by atoms with Crippen molar-refractivity contribution in [3.63, 3.8) is 0 Å². The molecule has 0 saturated carbocycles. The first-order chi connectivity index (χ1) is 10.9. The van der Waals surface area contributed by atoms with Crippen LogP contribution in [0.25, 0.3) is 0 Å². The first kappa shape index (κ1) is 15.0. The summed E-state index contributed by atoms with van der Waals surface area (Å²) in [7, 11) is 1.50. The number of fused-ring (bicyclic) bond motifs is 1. The van der Waals surface area contributed by atoms with Gasteiger partial charge in [-0.1, -0.05) is 6.07 Å². The molecule has 2 heterocycles. The second kappa shape index (κ2) is 5.08. The quantitative estimate of drug-likeness (QED) is 0.592. The molecule has 120 valence electrons. The number of ketones is 1. The molecule has 8 nitrogen and oxygen atoms in total. The summed E-state index contributed by atoms with van der Waals surface area (Å²) in [6.07, 6.45) is 0. The molecule has 0 aromatic heterocycles. The summed E-state index contributed by atoms with van der Waals surface area (Å²) >= 11 is 0. The Bertz CT molecular complexity index is 745. The Labute approximate surface area is 131 Å². The normalized spacial score (nSPS) is 22.7. The number of carbonyl (C=O) groups excluding carboxylic acids is 4. The van der Waals surface area contributed by atoms with E-state index in [1.165, 1.54) is 18.9 Å². The van der Waals surface area contributed by atoms with Crippen LogP contribution in [-0.4, -0.2) is 47.7 Å². The smallest absolute Gasteiger partial charge is 0.322 e. The number of ether oxygens (including phenoxy) is 1. The van der Waals surface area contributed by atoms with Crippen molar-refractivity contribution in [2.45, 2.75) is 19.0 Å². The van der Waals surface area contributed by atoms with Gasteiger partial charge in [-0.05, 0) is 24.6 Å². The fourth-order valence-electron chi connectivity index (χ4n) is 2.84. The SMILES string of the molecule is COc1ccc2c(c1)C(=O)N(C[C@@]1(C(C)=O)NC(=O)NC1=O)C2. The minimum absolute atomic E-state index is 0.213. The average molecular weight is 317 g/mol. The van der Waals surface area contributed by atoms with E-state index in [0.29, 0.717) is 11.3 Å². The highest BCUT2D eigenvalue weighted by atomic mass is 16.5. The summed E-state index contributed by atoms with van der Waals surface area (Å²) < 4.78 is 5.10. The van der Waals surface area contributed by atoms with Crippen molar-refractivity contribution in [1.82, 2.24) is 15.5 Å². The number of amides is 4. The van der Waals surface area contributed by atoms with Crippen LogP contribution in [0.3, 0.4) is 0 Å². The zero-order chi connectivity index (χ0) is 16.8. The molecule has 2 aliphatic heterocycles. The molecule has 0 radical (unpaired) electrons. The van der Waals surface area contributed by atoms with Crippen LogP contribution in [0.15, 0.2) is 18.2 Å². The van der Waals surface area contributed by atoms with Crippen LogP contribution >= 0.6 is 0 Å². The fourth-order valence-corrected chi connectivity index (χ4v) is 2.84. The molecule has 4 amide bonds. The van der Waals surface area contributed by atoms with Crippen LogP contribution in [0.5, 0.6) is 5.75 Å². The number of hydrogen-bond donors (Lipinski definition) is 2. The van der Waals surface area contributed by atoms with Crippen LogP contribution < -0.4 is 15.4 Å². The first-order valence-corrected chi connectivity index (χ1v) is 6.98. The predicted octanol–water partition coefficient (Wildman–Crippen LogP) is -0.182. The highest BCUT2D eigenvalue weighted by molar-refractivity contribution is 6.20. The number of methoxy groups -OCH3 is 1. The molecule has 1 aromatic rings. The molecule has 1 fully saturated rings. The van der Waals surface area contributed by atoms with Crippen LogP contribution in [0, 0.1) is 0 Å². The Hall–Kier alpha value is -2.90. The van der Waals surface area contributed by atoms with Crippen molar-refractivity contribution < 1.29 is 23.9 Å². The lowest BCUT2D eigenvalue weighted by Gasteiger charge is -2.28. The van der Waals surface area contributed by atoms with E-state index < -0.39 is 23.3 Å². The summed E-state index contributed by atoms with van der Waals surface area (Å²) in [6, 6.07) is 4.38. The second-order valence-corrected chi connectivity index (χ2v) is 5.55. The maximum atomic E-state index is 12.5. The molecule has 2 aliphatic rings. The molecule has 8 heteroatoms. The molecule has 1 atom stereocenters. The van der Waals surface area contributed by atoms with Gasteiger partial charge in [-0.15, -0.1) is 0 Å². The Balaban J connectivity index is 1.89. The van der Waals surface area contributed by atoms with E-state index in [1.807, 2.05) is 5.32 Å². The van der Waals surface area contributed by atoms with Crippen molar-refractivity contribution in [2.24, 2.45) is 0 Å². The minimum atomic E-state index is -1.74. The highest BCUT2D eigenvalue weighted by Gasteiger charge is 2.52. The van der Waals surface area contributed by atoms with Crippen molar-refractivity contribution in [3.8, 4) is 5.75 Å². The molecule has 0 unspecified atom stereocenters. The number of nitrogens with one attached hydrogen (secondary N) is 2. The van der Waals surface area contributed by atoms with Crippen molar-refractivity contribution in [1.29, 1.82) is 0 Å². The predicted molar refractivity (Wildman–Crippen MR) is 77.8 cm³/mol. The lowest BCUT2D eigenvalue weighted by atomic mass is 9.94. The monoisotopic (exact) mass is 317 g/mol. The highest BCUT2D eigenvalue weighted by Crippen LogP contribution is 2.28. The van der Waals surface area contributed by atoms with Gasteiger partial charge < -0.3 is 15.0 Å². The summed E-state index contributed by atoms with van der Waals surface area (Å²) in [6.45, 7) is 1.26. The van der Waals surface area contributed by atoms with E-state index >= 15 is 0 Å². The second-order valence-electron chi connectivity index (χ2n) is 5.55. The number of hydrogen-bond acceptors (Lipinski definition) is 5. The lowest BCUT2D eigenvalue weighted by molar-refractivity contribution is -0.134. The van der Waals surface area contributed by atoms with Crippen molar-refractivity contribution in [3.05, 3.63) is 29.3 Å². The molecule has 2 N–H and O–H groups in total. The molecular weight excluding hydrogens is 302 g/mol. The van der Waals surface area contributed by atoms with Crippen LogP contribution in [0.1, 0.15) is 22.8 Å². The van der Waals surface area contributed by atoms with E-state index in [0.717, 1.165) is 5.56 Å². The van der Waals surface area contributed by atoms with Gasteiger partial charge in [0.1, 0.15) is 5.75 Å². The number of rotatable bonds is 4. The molecule has 23 heavy (non-hydrogen) atoms. The first-order valence-electron chi connectivity index (χ1n) is 6.98. The summed E-state index contributed by atoms with van der Waals surface area (Å²) in [5, 5.41) is 4.40. The lowest BCUT2D eigenvalue weighted by Crippen LogP contribution is -2.60. The average Bonchev–Trinajstić information content (AvgIpc) is 2.97. The Kier molecular flexibility index (Phi) is 3.32. The van der Waals surface area contributed by atoms with Crippen LogP contribution in [0.2, 0.25) is 0 Å². The van der Waals surface area contributed by atoms with E-state index in [1.54, 1.807) is 18.2 Å². The van der Waals surface area contributed by atoms with Crippen LogP contribution in [-0.2, 0) is 16.1 Å². The molecule has 3 rings (SSSR count). The van der Waals surface area contributed by atoms with Gasteiger partial charge in [0.25, 0.3) is 11.8 Å². The minimum Gasteiger partial charge on any atom is -0.497 e. The zero-order valence-corrected chi connectivity index (χ0v) is 12.6. The van der Waals surface area contributed by atoms with E-state index in [4.69, 9.17) is 4.74 Å². The van der Waals surface area contributed by atoms with Gasteiger partial charge in [-0.2, -0.15) is 0 Å². The van der Waals surface area contributed by atoms with Crippen molar-refractivity contribution >= 4 is 23.6 Å². The number of urea groups is 1. The van der Waals surface area contributed by atoms with Crippen LogP contribution in [0.4, 0.5) is 4.79 Å². The largest absolute Gasteiger partial charge is 0.497 e. The summed E-state index contributed by atoms with van der Waals surface area (Å²) in [5.74, 6) is -1.03. The third kappa shape index (κ3) is 2.23. The number of Topliss-reactive ketones (excluding diaryl/α,β-unsaturated/α-hetero) is 1. The Morgan fingerprint density at radius 2 is 2.09 bits per heavy atom. The fraction of sp³-hybridized carbons (Fsp3) is 0.333. The molecule has 0 spiro atoms. The molecule has 1 saturated heterocycles. The van der Waals surface area contributed by atoms with E-state index in [2.05, 4.69) is 5.32 Å². The Morgan fingerprint density at radius 3 is 2.65 bits per heavy atom. The van der Waals surface area contributed by atoms with Gasteiger partial charge in [0, 0.05) is 12.1 Å². The zero-order valence-electron chi connectivity index (χ0n) is 12.6. The van der Waals surface area contributed by atoms with Gasteiger partial charge in [0.15, 0.2) is 11.3 Å². The summed E-state index contributed by atoms with van der Waals surface area (Å²) in [4.78, 5) is 49.3. The molecular formula is C15H15N3O5.